The highest BCUT2D eigenvalue weighted by molar-refractivity contribution is 7.99. The Morgan fingerprint density at radius 1 is 1.16 bits per heavy atom. The van der Waals surface area contributed by atoms with Gasteiger partial charge in [0.1, 0.15) is 6.54 Å². The molecule has 0 saturated carbocycles. The summed E-state index contributed by atoms with van der Waals surface area (Å²) >= 11 is 0.346. The molecule has 0 aliphatic rings. The number of nitrogens with zero attached hydrogens (tertiary/aromatic N) is 2. The summed E-state index contributed by atoms with van der Waals surface area (Å²) < 4.78 is 26.2. The SMILES string of the molecule is O=C(Cn1ncc2ccccc2c1=O)Nc1ccccc1SC(F)F. The Bertz CT molecular complexity index is 975. The van der Waals surface area contributed by atoms with Crippen LogP contribution in [-0.2, 0) is 11.3 Å². The lowest BCUT2D eigenvalue weighted by Gasteiger charge is -2.11. The van der Waals surface area contributed by atoms with E-state index in [0.717, 1.165) is 4.68 Å². The molecule has 3 aromatic rings. The van der Waals surface area contributed by atoms with Crippen molar-refractivity contribution < 1.29 is 13.6 Å². The lowest BCUT2D eigenvalue weighted by atomic mass is 10.2. The molecule has 0 fully saturated rings. The summed E-state index contributed by atoms with van der Waals surface area (Å²) in [5.41, 5.74) is -0.116. The van der Waals surface area contributed by atoms with Crippen molar-refractivity contribution in [1.29, 1.82) is 0 Å². The molecule has 0 aliphatic carbocycles. The monoisotopic (exact) mass is 361 g/mol. The third-order valence-electron chi connectivity index (χ3n) is 3.43. The predicted molar refractivity (Wildman–Crippen MR) is 92.9 cm³/mol. The molecule has 0 atom stereocenters. The fourth-order valence-corrected chi connectivity index (χ4v) is 2.93. The van der Waals surface area contributed by atoms with Crippen LogP contribution >= 0.6 is 11.8 Å². The second kappa shape index (κ2) is 7.43. The van der Waals surface area contributed by atoms with E-state index in [1.165, 1.54) is 18.3 Å². The Balaban J connectivity index is 1.80. The van der Waals surface area contributed by atoms with E-state index in [2.05, 4.69) is 10.4 Å². The first-order valence-corrected chi connectivity index (χ1v) is 8.21. The van der Waals surface area contributed by atoms with Crippen LogP contribution in [0.1, 0.15) is 0 Å². The van der Waals surface area contributed by atoms with E-state index >= 15 is 0 Å². The minimum absolute atomic E-state index is 0.254. The van der Waals surface area contributed by atoms with Crippen LogP contribution in [0.2, 0.25) is 0 Å². The smallest absolute Gasteiger partial charge is 0.288 e. The van der Waals surface area contributed by atoms with Crippen LogP contribution in [0, 0.1) is 0 Å². The number of aromatic nitrogens is 2. The van der Waals surface area contributed by atoms with Gasteiger partial charge in [0.2, 0.25) is 5.91 Å². The van der Waals surface area contributed by atoms with Gasteiger partial charge in [0.25, 0.3) is 11.3 Å². The number of alkyl halides is 2. The van der Waals surface area contributed by atoms with E-state index in [4.69, 9.17) is 0 Å². The maximum absolute atomic E-state index is 12.6. The number of rotatable bonds is 5. The van der Waals surface area contributed by atoms with Crippen molar-refractivity contribution in [3.63, 3.8) is 0 Å². The quantitative estimate of drug-likeness (QED) is 0.708. The molecule has 1 heterocycles. The second-order valence-corrected chi connectivity index (χ2v) is 6.15. The highest BCUT2D eigenvalue weighted by Gasteiger charge is 2.13. The van der Waals surface area contributed by atoms with Gasteiger partial charge >= 0.3 is 0 Å². The molecule has 0 bridgehead atoms. The van der Waals surface area contributed by atoms with E-state index in [1.807, 2.05) is 0 Å². The minimum atomic E-state index is -2.59. The molecule has 0 unspecified atom stereocenters. The summed E-state index contributed by atoms with van der Waals surface area (Å²) in [5, 5.41) is 7.66. The number of para-hydroxylation sites is 1. The molecule has 1 amide bonds. The maximum Gasteiger partial charge on any atom is 0.288 e. The van der Waals surface area contributed by atoms with E-state index in [0.29, 0.717) is 22.5 Å². The molecule has 8 heteroatoms. The first kappa shape index (κ1) is 17.1. The van der Waals surface area contributed by atoms with Crippen LogP contribution in [0.25, 0.3) is 10.8 Å². The first-order valence-electron chi connectivity index (χ1n) is 7.33. The second-order valence-electron chi connectivity index (χ2n) is 5.12. The van der Waals surface area contributed by atoms with Gasteiger partial charge in [-0.3, -0.25) is 9.59 Å². The minimum Gasteiger partial charge on any atom is -0.323 e. The van der Waals surface area contributed by atoms with Gasteiger partial charge in [-0.1, -0.05) is 42.1 Å². The van der Waals surface area contributed by atoms with Crippen molar-refractivity contribution in [3.8, 4) is 0 Å². The molecule has 5 nitrogen and oxygen atoms in total. The third kappa shape index (κ3) is 4.03. The molecule has 0 radical (unpaired) electrons. The topological polar surface area (TPSA) is 64.0 Å². The van der Waals surface area contributed by atoms with E-state index in [-0.39, 0.29) is 22.7 Å². The normalized spacial score (nSPS) is 11.0. The van der Waals surface area contributed by atoms with Gasteiger partial charge in [0, 0.05) is 10.3 Å². The largest absolute Gasteiger partial charge is 0.323 e. The number of benzene rings is 2. The predicted octanol–water partition coefficient (Wildman–Crippen LogP) is 3.35. The summed E-state index contributed by atoms with van der Waals surface area (Å²) in [4.78, 5) is 24.8. The number of amides is 1. The van der Waals surface area contributed by atoms with Gasteiger partial charge in [-0.2, -0.15) is 13.9 Å². The number of carbonyl (C=O) groups is 1. The van der Waals surface area contributed by atoms with Crippen LogP contribution in [0.5, 0.6) is 0 Å². The average molecular weight is 361 g/mol. The first-order chi connectivity index (χ1) is 12.0. The standard InChI is InChI=1S/C17H13F2N3O2S/c18-17(19)25-14-8-4-3-7-13(14)21-15(23)10-22-16(24)12-6-2-1-5-11(12)9-20-22/h1-9,17H,10H2,(H,21,23). The Morgan fingerprint density at radius 2 is 1.88 bits per heavy atom. The van der Waals surface area contributed by atoms with Crippen LogP contribution < -0.4 is 10.9 Å². The number of hydrogen-bond acceptors (Lipinski definition) is 4. The summed E-state index contributed by atoms with van der Waals surface area (Å²) in [5.74, 6) is -3.12. The fraction of sp³-hybridized carbons (Fsp3) is 0.118. The fourth-order valence-electron chi connectivity index (χ4n) is 2.33. The molecule has 0 spiro atoms. The van der Waals surface area contributed by atoms with Gasteiger partial charge in [-0.15, -0.1) is 0 Å². The maximum atomic E-state index is 12.6. The number of halogens is 2. The molecule has 25 heavy (non-hydrogen) atoms. The van der Waals surface area contributed by atoms with Crippen molar-refractivity contribution in [3.05, 3.63) is 65.1 Å². The van der Waals surface area contributed by atoms with Crippen LogP contribution in [0.3, 0.4) is 0 Å². The van der Waals surface area contributed by atoms with Gasteiger partial charge < -0.3 is 5.32 Å². The molecule has 1 N–H and O–H groups in total. The number of fused-ring (bicyclic) bond motifs is 1. The number of anilines is 1. The zero-order valence-electron chi connectivity index (χ0n) is 12.9. The van der Waals surface area contributed by atoms with Crippen LogP contribution in [0.4, 0.5) is 14.5 Å². The average Bonchev–Trinajstić information content (AvgIpc) is 2.59. The Hall–Kier alpha value is -2.74. The summed E-state index contributed by atoms with van der Waals surface area (Å²) in [6.07, 6.45) is 1.50. The molecule has 128 valence electrons. The summed E-state index contributed by atoms with van der Waals surface area (Å²) in [6.45, 7) is -0.308. The summed E-state index contributed by atoms with van der Waals surface area (Å²) in [6, 6.07) is 13.2. The van der Waals surface area contributed by atoms with E-state index < -0.39 is 11.7 Å². The number of hydrogen-bond donors (Lipinski definition) is 1. The highest BCUT2D eigenvalue weighted by Crippen LogP contribution is 2.31. The van der Waals surface area contributed by atoms with E-state index in [9.17, 15) is 18.4 Å². The highest BCUT2D eigenvalue weighted by atomic mass is 32.2. The number of thioether (sulfide) groups is 1. The van der Waals surface area contributed by atoms with Gasteiger partial charge in [-0.25, -0.2) is 4.68 Å². The molecule has 2 aromatic carbocycles. The van der Waals surface area contributed by atoms with Crippen molar-refractivity contribution in [2.24, 2.45) is 0 Å². The van der Waals surface area contributed by atoms with E-state index in [1.54, 1.807) is 36.4 Å². The van der Waals surface area contributed by atoms with Crippen molar-refractivity contribution in [2.75, 3.05) is 5.32 Å². The number of carbonyl (C=O) groups excluding carboxylic acids is 1. The van der Waals surface area contributed by atoms with Gasteiger partial charge in [0.05, 0.1) is 17.3 Å². The van der Waals surface area contributed by atoms with Crippen molar-refractivity contribution in [1.82, 2.24) is 9.78 Å². The molecule has 1 aromatic heterocycles. The zero-order chi connectivity index (χ0) is 17.8. The lowest BCUT2D eigenvalue weighted by Crippen LogP contribution is -2.29. The third-order valence-corrected chi connectivity index (χ3v) is 4.22. The molecular weight excluding hydrogens is 348 g/mol. The van der Waals surface area contributed by atoms with Crippen molar-refractivity contribution >= 4 is 34.1 Å². The molecular formula is C17H13F2N3O2S. The van der Waals surface area contributed by atoms with Gasteiger partial charge in [0.15, 0.2) is 0 Å². The molecule has 3 rings (SSSR count). The van der Waals surface area contributed by atoms with Crippen LogP contribution in [0.15, 0.2) is 64.4 Å². The molecule has 0 aliphatic heterocycles. The Morgan fingerprint density at radius 3 is 2.68 bits per heavy atom. The number of nitrogens with one attached hydrogen (secondary N) is 1. The Labute approximate surface area is 145 Å². The Kier molecular flexibility index (Phi) is 5.08. The van der Waals surface area contributed by atoms with Crippen LogP contribution in [-0.4, -0.2) is 21.4 Å². The summed E-state index contributed by atoms with van der Waals surface area (Å²) in [7, 11) is 0. The molecule has 0 saturated heterocycles. The van der Waals surface area contributed by atoms with Crippen molar-refractivity contribution in [2.45, 2.75) is 17.2 Å². The van der Waals surface area contributed by atoms with Gasteiger partial charge in [-0.05, 0) is 18.2 Å². The zero-order valence-corrected chi connectivity index (χ0v) is 13.7. The lowest BCUT2D eigenvalue weighted by molar-refractivity contribution is -0.117.